The Hall–Kier alpha value is -0.830. The van der Waals surface area contributed by atoms with Crippen molar-refractivity contribution in [1.29, 1.82) is 0 Å². The molecule has 14 heavy (non-hydrogen) atoms. The van der Waals surface area contributed by atoms with Gasteiger partial charge in [-0.2, -0.15) is 0 Å². The zero-order chi connectivity index (χ0) is 10.4. The molecule has 0 bridgehead atoms. The van der Waals surface area contributed by atoms with Crippen molar-refractivity contribution in [1.82, 2.24) is 5.32 Å². The Balaban J connectivity index is 2.23. The monoisotopic (exact) mass is 197 g/mol. The first kappa shape index (κ1) is 11.2. The lowest BCUT2D eigenvalue weighted by Gasteiger charge is -2.20. The van der Waals surface area contributed by atoms with Crippen molar-refractivity contribution in [2.45, 2.75) is 26.7 Å². The van der Waals surface area contributed by atoms with Crippen LogP contribution in [0.25, 0.3) is 0 Å². The molecule has 1 saturated heterocycles. The number of ether oxygens (including phenoxy) is 1. The van der Waals surface area contributed by atoms with Crippen molar-refractivity contribution in [3.05, 3.63) is 11.6 Å². The summed E-state index contributed by atoms with van der Waals surface area (Å²) in [6.07, 6.45) is 3.75. The quantitative estimate of drug-likeness (QED) is 0.550. The minimum absolute atomic E-state index is 0.0380. The molecule has 1 aliphatic rings. The first-order chi connectivity index (χ1) is 6.70. The molecule has 0 aromatic heterocycles. The van der Waals surface area contributed by atoms with Crippen LogP contribution in [0.1, 0.15) is 26.7 Å². The van der Waals surface area contributed by atoms with E-state index in [1.165, 1.54) is 5.57 Å². The Labute approximate surface area is 85.5 Å². The predicted molar refractivity (Wildman–Crippen MR) is 56.0 cm³/mol. The molecule has 1 fully saturated rings. The Morgan fingerprint density at radius 2 is 2.07 bits per heavy atom. The lowest BCUT2D eigenvalue weighted by molar-refractivity contribution is -0.148. The summed E-state index contributed by atoms with van der Waals surface area (Å²) < 4.78 is 5.15. The minimum Gasteiger partial charge on any atom is -0.461 e. The smallest absolute Gasteiger partial charge is 0.309 e. The third kappa shape index (κ3) is 3.92. The average molecular weight is 197 g/mol. The van der Waals surface area contributed by atoms with Gasteiger partial charge in [-0.25, -0.2) is 0 Å². The fraction of sp³-hybridized carbons (Fsp3) is 0.727. The maximum Gasteiger partial charge on any atom is 0.309 e. The summed E-state index contributed by atoms with van der Waals surface area (Å²) in [6.45, 7) is 6.28. The van der Waals surface area contributed by atoms with Gasteiger partial charge in [0, 0.05) is 0 Å². The van der Waals surface area contributed by atoms with Gasteiger partial charge >= 0.3 is 5.97 Å². The van der Waals surface area contributed by atoms with Gasteiger partial charge in [-0.05, 0) is 45.9 Å². The molecule has 0 spiro atoms. The standard InChI is InChI=1S/C11H19NO2/c1-9(2)5-8-14-11(13)10-3-6-12-7-4-10/h5,10,12H,3-4,6-8H2,1-2H3. The van der Waals surface area contributed by atoms with E-state index in [-0.39, 0.29) is 11.9 Å². The number of piperidine rings is 1. The van der Waals surface area contributed by atoms with Crippen LogP contribution in [0, 0.1) is 5.92 Å². The van der Waals surface area contributed by atoms with Gasteiger partial charge in [0.2, 0.25) is 0 Å². The minimum atomic E-state index is -0.0380. The van der Waals surface area contributed by atoms with E-state index in [9.17, 15) is 4.79 Å². The van der Waals surface area contributed by atoms with Crippen LogP contribution < -0.4 is 5.32 Å². The second-order valence-electron chi connectivity index (χ2n) is 3.94. The molecule has 0 aromatic rings. The van der Waals surface area contributed by atoms with Gasteiger partial charge in [0.05, 0.1) is 5.92 Å². The van der Waals surface area contributed by atoms with E-state index in [1.54, 1.807) is 0 Å². The van der Waals surface area contributed by atoms with Gasteiger partial charge in [-0.1, -0.05) is 5.57 Å². The predicted octanol–water partition coefficient (Wildman–Crippen LogP) is 1.50. The van der Waals surface area contributed by atoms with E-state index in [0.29, 0.717) is 6.61 Å². The summed E-state index contributed by atoms with van der Waals surface area (Å²) in [4.78, 5) is 11.5. The normalized spacial score (nSPS) is 17.6. The van der Waals surface area contributed by atoms with Crippen molar-refractivity contribution in [2.24, 2.45) is 5.92 Å². The third-order valence-electron chi connectivity index (χ3n) is 2.39. The van der Waals surface area contributed by atoms with Gasteiger partial charge in [-0.15, -0.1) is 0 Å². The maximum atomic E-state index is 11.5. The van der Waals surface area contributed by atoms with Crippen molar-refractivity contribution < 1.29 is 9.53 Å². The highest BCUT2D eigenvalue weighted by Gasteiger charge is 2.21. The molecule has 1 rings (SSSR count). The highest BCUT2D eigenvalue weighted by atomic mass is 16.5. The SMILES string of the molecule is CC(C)=CCOC(=O)C1CCNCC1. The molecule has 0 saturated carbocycles. The first-order valence-electron chi connectivity index (χ1n) is 5.21. The molecule has 1 N–H and O–H groups in total. The van der Waals surface area contributed by atoms with Crippen LogP contribution in [0.3, 0.4) is 0 Å². The van der Waals surface area contributed by atoms with Crippen LogP contribution in [-0.4, -0.2) is 25.7 Å². The second kappa shape index (κ2) is 5.81. The summed E-state index contributed by atoms with van der Waals surface area (Å²) in [7, 11) is 0. The zero-order valence-electron chi connectivity index (χ0n) is 9.01. The van der Waals surface area contributed by atoms with Crippen LogP contribution in [0.5, 0.6) is 0 Å². The van der Waals surface area contributed by atoms with Crippen LogP contribution >= 0.6 is 0 Å². The van der Waals surface area contributed by atoms with E-state index in [1.807, 2.05) is 19.9 Å². The topological polar surface area (TPSA) is 38.3 Å². The van der Waals surface area contributed by atoms with Crippen molar-refractivity contribution in [3.63, 3.8) is 0 Å². The Bertz CT molecular complexity index is 213. The third-order valence-corrected chi connectivity index (χ3v) is 2.39. The Kier molecular flexibility index (Phi) is 4.66. The van der Waals surface area contributed by atoms with Crippen LogP contribution in [-0.2, 0) is 9.53 Å². The summed E-state index contributed by atoms with van der Waals surface area (Å²) in [6, 6.07) is 0. The summed E-state index contributed by atoms with van der Waals surface area (Å²) in [5, 5.41) is 3.22. The number of carbonyl (C=O) groups excluding carboxylic acids is 1. The van der Waals surface area contributed by atoms with Gasteiger partial charge < -0.3 is 10.1 Å². The van der Waals surface area contributed by atoms with Crippen molar-refractivity contribution >= 4 is 5.97 Å². The van der Waals surface area contributed by atoms with E-state index in [4.69, 9.17) is 4.74 Å². The number of allylic oxidation sites excluding steroid dienone is 1. The van der Waals surface area contributed by atoms with Gasteiger partial charge in [0.25, 0.3) is 0 Å². The maximum absolute atomic E-state index is 11.5. The summed E-state index contributed by atoms with van der Waals surface area (Å²) in [5.74, 6) is 0.0748. The first-order valence-corrected chi connectivity index (χ1v) is 5.21. The molecule has 0 radical (unpaired) electrons. The fourth-order valence-corrected chi connectivity index (χ4v) is 1.47. The van der Waals surface area contributed by atoms with E-state index < -0.39 is 0 Å². The lowest BCUT2D eigenvalue weighted by atomic mass is 9.99. The van der Waals surface area contributed by atoms with Crippen molar-refractivity contribution in [2.75, 3.05) is 19.7 Å². The molecule has 0 aliphatic carbocycles. The molecular weight excluding hydrogens is 178 g/mol. The molecule has 0 aromatic carbocycles. The van der Waals surface area contributed by atoms with Gasteiger partial charge in [0.15, 0.2) is 0 Å². The van der Waals surface area contributed by atoms with Crippen LogP contribution in [0.4, 0.5) is 0 Å². The van der Waals surface area contributed by atoms with Gasteiger partial charge in [0.1, 0.15) is 6.61 Å². The molecule has 0 atom stereocenters. The molecule has 80 valence electrons. The van der Waals surface area contributed by atoms with E-state index in [2.05, 4.69) is 5.32 Å². The summed E-state index contributed by atoms with van der Waals surface area (Å²) >= 11 is 0. The molecule has 1 heterocycles. The number of hydrogen-bond donors (Lipinski definition) is 1. The fourth-order valence-electron chi connectivity index (χ4n) is 1.47. The largest absolute Gasteiger partial charge is 0.461 e. The lowest BCUT2D eigenvalue weighted by Crippen LogP contribution is -2.32. The number of carbonyl (C=O) groups is 1. The molecule has 3 nitrogen and oxygen atoms in total. The summed E-state index contributed by atoms with van der Waals surface area (Å²) in [5.41, 5.74) is 1.18. The number of rotatable bonds is 3. The van der Waals surface area contributed by atoms with E-state index in [0.717, 1.165) is 25.9 Å². The van der Waals surface area contributed by atoms with Gasteiger partial charge in [-0.3, -0.25) is 4.79 Å². The molecule has 3 heteroatoms. The Morgan fingerprint density at radius 1 is 1.43 bits per heavy atom. The average Bonchev–Trinajstić information content (AvgIpc) is 2.18. The van der Waals surface area contributed by atoms with Crippen LogP contribution in [0.2, 0.25) is 0 Å². The second-order valence-corrected chi connectivity index (χ2v) is 3.94. The van der Waals surface area contributed by atoms with Crippen molar-refractivity contribution in [3.8, 4) is 0 Å². The number of hydrogen-bond acceptors (Lipinski definition) is 3. The highest BCUT2D eigenvalue weighted by Crippen LogP contribution is 2.13. The molecular formula is C11H19NO2. The molecule has 0 amide bonds. The van der Waals surface area contributed by atoms with Crippen LogP contribution in [0.15, 0.2) is 11.6 Å². The Morgan fingerprint density at radius 3 is 2.64 bits per heavy atom. The van der Waals surface area contributed by atoms with E-state index >= 15 is 0 Å². The number of nitrogens with one attached hydrogen (secondary N) is 1. The molecule has 0 unspecified atom stereocenters. The highest BCUT2D eigenvalue weighted by molar-refractivity contribution is 5.72. The molecule has 1 aliphatic heterocycles. The zero-order valence-corrected chi connectivity index (χ0v) is 9.01. The number of esters is 1.